The third kappa shape index (κ3) is 5.19. The largest absolute Gasteiger partial charge is 0.492 e. The molecule has 0 radical (unpaired) electrons. The molecule has 0 spiro atoms. The lowest BCUT2D eigenvalue weighted by atomic mass is 9.81. The zero-order chi connectivity index (χ0) is 18.3. The summed E-state index contributed by atoms with van der Waals surface area (Å²) in [4.78, 5) is 24.9. The highest BCUT2D eigenvalue weighted by atomic mass is 16.5. The highest BCUT2D eigenvalue weighted by molar-refractivity contribution is 6.22. The van der Waals surface area contributed by atoms with Crippen LogP contribution in [0, 0.1) is 11.8 Å². The summed E-state index contributed by atoms with van der Waals surface area (Å²) >= 11 is 0. The van der Waals surface area contributed by atoms with Crippen molar-refractivity contribution in [2.75, 3.05) is 7.11 Å². The first-order valence-electron chi connectivity index (χ1n) is 8.31. The minimum absolute atomic E-state index is 0.0786. The fourth-order valence-corrected chi connectivity index (χ4v) is 2.84. The Morgan fingerprint density at radius 2 is 1.92 bits per heavy atom. The Hall–Kier alpha value is -2.16. The van der Waals surface area contributed by atoms with Crippen molar-refractivity contribution in [3.8, 4) is 0 Å². The van der Waals surface area contributed by atoms with Gasteiger partial charge in [0.25, 0.3) is 0 Å². The van der Waals surface area contributed by atoms with Crippen molar-refractivity contribution >= 4 is 11.6 Å². The molecule has 3 nitrogen and oxygen atoms in total. The SMILES string of the molecule is C/C=C\C=C\[C@@H](C)C[C@@H](C=C(C)C)C1=CC(=O)C(OC)=C(C)C1=O. The number of ketones is 2. The highest BCUT2D eigenvalue weighted by Gasteiger charge is 2.30. The Balaban J connectivity index is 3.12. The predicted octanol–water partition coefficient (Wildman–Crippen LogP) is 4.73. The number of carbonyl (C=O) groups excluding carboxylic acids is 2. The van der Waals surface area contributed by atoms with Gasteiger partial charge in [0.1, 0.15) is 0 Å². The van der Waals surface area contributed by atoms with Gasteiger partial charge in [-0.2, -0.15) is 0 Å². The van der Waals surface area contributed by atoms with Crippen LogP contribution in [0.15, 0.2) is 58.9 Å². The molecule has 0 saturated carbocycles. The number of carbonyl (C=O) groups is 2. The molecule has 0 N–H and O–H groups in total. The third-order valence-corrected chi connectivity index (χ3v) is 3.96. The standard InChI is InChI=1S/C21H28O3/c1-7-8-9-10-15(4)12-17(11-14(2)3)18-13-19(22)21(24-6)16(5)20(18)23/h7-11,13,15,17H,12H2,1-6H3/b8-7-,10-9+/t15-,17-/m1/s1. The number of ether oxygens (including phenoxy) is 1. The van der Waals surface area contributed by atoms with Gasteiger partial charge in [0.15, 0.2) is 11.5 Å². The first-order chi connectivity index (χ1) is 11.3. The van der Waals surface area contributed by atoms with E-state index in [0.29, 0.717) is 17.1 Å². The fraction of sp³-hybridized carbons (Fsp3) is 0.429. The Morgan fingerprint density at radius 1 is 1.25 bits per heavy atom. The number of rotatable bonds is 7. The van der Waals surface area contributed by atoms with Gasteiger partial charge >= 0.3 is 0 Å². The minimum Gasteiger partial charge on any atom is -0.492 e. The van der Waals surface area contributed by atoms with Crippen molar-refractivity contribution in [3.63, 3.8) is 0 Å². The summed E-state index contributed by atoms with van der Waals surface area (Å²) in [5, 5.41) is 0. The van der Waals surface area contributed by atoms with E-state index < -0.39 is 0 Å². The van der Waals surface area contributed by atoms with Crippen LogP contribution in [-0.2, 0) is 14.3 Å². The van der Waals surface area contributed by atoms with Crippen LogP contribution in [0.3, 0.4) is 0 Å². The van der Waals surface area contributed by atoms with Gasteiger partial charge in [-0.25, -0.2) is 0 Å². The lowest BCUT2D eigenvalue weighted by Gasteiger charge is -2.23. The third-order valence-electron chi connectivity index (χ3n) is 3.96. The first-order valence-corrected chi connectivity index (χ1v) is 8.31. The summed E-state index contributed by atoms with van der Waals surface area (Å²) in [6.07, 6.45) is 12.4. The van der Waals surface area contributed by atoms with E-state index in [1.54, 1.807) is 6.92 Å². The molecule has 0 aromatic carbocycles. The zero-order valence-electron chi connectivity index (χ0n) is 15.6. The van der Waals surface area contributed by atoms with Gasteiger partial charge in [0, 0.05) is 17.1 Å². The summed E-state index contributed by atoms with van der Waals surface area (Å²) in [7, 11) is 1.42. The number of hydrogen-bond acceptors (Lipinski definition) is 3. The van der Waals surface area contributed by atoms with Crippen LogP contribution in [0.4, 0.5) is 0 Å². The molecule has 0 heterocycles. The maximum Gasteiger partial charge on any atom is 0.221 e. The van der Waals surface area contributed by atoms with Crippen molar-refractivity contribution in [2.45, 2.75) is 41.0 Å². The Kier molecular flexibility index (Phi) is 7.63. The summed E-state index contributed by atoms with van der Waals surface area (Å²) in [6, 6.07) is 0. The molecule has 0 fully saturated rings. The molecule has 130 valence electrons. The van der Waals surface area contributed by atoms with Crippen molar-refractivity contribution in [3.05, 3.63) is 58.9 Å². The zero-order valence-corrected chi connectivity index (χ0v) is 15.6. The van der Waals surface area contributed by atoms with E-state index in [0.717, 1.165) is 12.0 Å². The molecule has 2 atom stereocenters. The van der Waals surface area contributed by atoms with Gasteiger partial charge in [-0.05, 0) is 46.1 Å². The Morgan fingerprint density at radius 3 is 2.46 bits per heavy atom. The molecule has 0 bridgehead atoms. The topological polar surface area (TPSA) is 43.4 Å². The van der Waals surface area contributed by atoms with Crippen molar-refractivity contribution < 1.29 is 14.3 Å². The molecule has 0 aliphatic heterocycles. The summed E-state index contributed by atoms with van der Waals surface area (Å²) in [6.45, 7) is 9.75. The summed E-state index contributed by atoms with van der Waals surface area (Å²) in [5.74, 6) is 0.0388. The molecule has 24 heavy (non-hydrogen) atoms. The molecule has 3 heteroatoms. The van der Waals surface area contributed by atoms with Gasteiger partial charge in [-0.1, -0.05) is 42.9 Å². The lowest BCUT2D eigenvalue weighted by molar-refractivity contribution is -0.118. The maximum atomic E-state index is 12.7. The average Bonchev–Trinajstić information content (AvgIpc) is 2.50. The second-order valence-electron chi connectivity index (χ2n) is 6.43. The Labute approximate surface area is 145 Å². The molecule has 1 aliphatic carbocycles. The van der Waals surface area contributed by atoms with Crippen LogP contribution in [-0.4, -0.2) is 18.7 Å². The molecule has 0 aromatic rings. The van der Waals surface area contributed by atoms with Gasteiger partial charge in [-0.3, -0.25) is 9.59 Å². The van der Waals surface area contributed by atoms with Gasteiger partial charge in [0.05, 0.1) is 7.11 Å². The van der Waals surface area contributed by atoms with Crippen LogP contribution in [0.1, 0.15) is 41.0 Å². The number of methoxy groups -OCH3 is 1. The van der Waals surface area contributed by atoms with Crippen LogP contribution < -0.4 is 0 Å². The monoisotopic (exact) mass is 328 g/mol. The Bertz CT molecular complexity index is 638. The maximum absolute atomic E-state index is 12.7. The van der Waals surface area contributed by atoms with Crippen molar-refractivity contribution in [1.29, 1.82) is 0 Å². The van der Waals surface area contributed by atoms with Crippen LogP contribution >= 0.6 is 0 Å². The van der Waals surface area contributed by atoms with E-state index in [4.69, 9.17) is 4.74 Å². The summed E-state index contributed by atoms with van der Waals surface area (Å²) < 4.78 is 5.07. The van der Waals surface area contributed by atoms with E-state index in [2.05, 4.69) is 19.1 Å². The average molecular weight is 328 g/mol. The quantitative estimate of drug-likeness (QED) is 0.385. The van der Waals surface area contributed by atoms with Gasteiger partial charge in [-0.15, -0.1) is 0 Å². The summed E-state index contributed by atoms with van der Waals surface area (Å²) in [5.41, 5.74) is 2.08. The highest BCUT2D eigenvalue weighted by Crippen LogP contribution is 2.30. The molecule has 0 saturated heterocycles. The van der Waals surface area contributed by atoms with E-state index in [-0.39, 0.29) is 23.2 Å². The fourth-order valence-electron chi connectivity index (χ4n) is 2.84. The molecule has 0 unspecified atom stereocenters. The molecule has 0 aromatic heterocycles. The van der Waals surface area contributed by atoms with Crippen LogP contribution in [0.2, 0.25) is 0 Å². The van der Waals surface area contributed by atoms with Crippen LogP contribution in [0.5, 0.6) is 0 Å². The number of allylic oxidation sites excluding steroid dienone is 9. The minimum atomic E-state index is -0.228. The van der Waals surface area contributed by atoms with E-state index in [9.17, 15) is 9.59 Å². The van der Waals surface area contributed by atoms with Crippen molar-refractivity contribution in [2.24, 2.45) is 11.8 Å². The number of hydrogen-bond donors (Lipinski definition) is 0. The van der Waals surface area contributed by atoms with Gasteiger partial charge in [0.2, 0.25) is 5.78 Å². The smallest absolute Gasteiger partial charge is 0.221 e. The van der Waals surface area contributed by atoms with E-state index in [1.165, 1.54) is 13.2 Å². The molecule has 1 rings (SSSR count). The second-order valence-corrected chi connectivity index (χ2v) is 6.43. The normalized spacial score (nSPS) is 18.2. The van der Waals surface area contributed by atoms with E-state index in [1.807, 2.05) is 39.0 Å². The van der Waals surface area contributed by atoms with Gasteiger partial charge < -0.3 is 4.74 Å². The molecule has 1 aliphatic rings. The lowest BCUT2D eigenvalue weighted by Crippen LogP contribution is -2.23. The molecule has 0 amide bonds. The second kappa shape index (κ2) is 9.21. The first kappa shape index (κ1) is 19.9. The van der Waals surface area contributed by atoms with Crippen LogP contribution in [0.25, 0.3) is 0 Å². The molecular formula is C21H28O3. The predicted molar refractivity (Wildman–Crippen MR) is 98.5 cm³/mol. The van der Waals surface area contributed by atoms with Crippen molar-refractivity contribution in [1.82, 2.24) is 0 Å². The van der Waals surface area contributed by atoms with E-state index >= 15 is 0 Å². The molecular weight excluding hydrogens is 300 g/mol. The number of Topliss-reactive ketones (excluding diaryl/α,β-unsaturated/α-hetero) is 1.